The van der Waals surface area contributed by atoms with Gasteiger partial charge in [-0.3, -0.25) is 0 Å². The van der Waals surface area contributed by atoms with Crippen LogP contribution in [-0.2, 0) is 0 Å². The number of rotatable bonds is 0. The van der Waals surface area contributed by atoms with Crippen molar-refractivity contribution < 1.29 is 0 Å². The van der Waals surface area contributed by atoms with Crippen molar-refractivity contribution in [2.75, 3.05) is 0 Å². The highest BCUT2D eigenvalue weighted by molar-refractivity contribution is 5.37. The molecule has 0 aliphatic heterocycles. The minimum absolute atomic E-state index is 0.619. The molecule has 0 nitrogen and oxygen atoms in total. The molecule has 8 bridgehead atoms. The Bertz CT molecular complexity index is 854. The van der Waals surface area contributed by atoms with Crippen molar-refractivity contribution >= 4 is 0 Å². The molecule has 1 spiro atoms. The summed E-state index contributed by atoms with van der Waals surface area (Å²) in [5, 5.41) is 0. The molecule has 8 saturated carbocycles. The third-order valence-electron chi connectivity index (χ3n) is 15.2. The molecule has 0 aromatic carbocycles. The van der Waals surface area contributed by atoms with E-state index in [1.165, 1.54) is 30.1 Å². The molecule has 0 amide bonds. The van der Waals surface area contributed by atoms with Gasteiger partial charge in [0.15, 0.2) is 0 Å². The summed E-state index contributed by atoms with van der Waals surface area (Å²) < 4.78 is 0. The highest BCUT2D eigenvalue weighted by atomic mass is 14.9. The Balaban J connectivity index is 1.21. The van der Waals surface area contributed by atoms with Crippen LogP contribution in [0.15, 0.2) is 12.2 Å². The standard InChI is InChI=1S/C28H38/c1-25-13-28(21-11-19(24(25)28)22-15-4-5-16(8-15)23(21)22)12-18-10-20-14-6-7-17(9-14)26(20,2)27(18,25)3/h6-7,14-24H,4-5,8-13H2,1-3H3. The summed E-state index contributed by atoms with van der Waals surface area (Å²) >= 11 is 0. The third-order valence-corrected chi connectivity index (χ3v) is 15.2. The third kappa shape index (κ3) is 1.12. The van der Waals surface area contributed by atoms with Crippen LogP contribution in [0.5, 0.6) is 0 Å². The van der Waals surface area contributed by atoms with E-state index in [9.17, 15) is 0 Å². The van der Waals surface area contributed by atoms with E-state index >= 15 is 0 Å². The Labute approximate surface area is 171 Å². The lowest BCUT2D eigenvalue weighted by Gasteiger charge is -2.79. The highest BCUT2D eigenvalue weighted by Crippen LogP contribution is 2.94. The maximum absolute atomic E-state index is 2.86. The molecule has 0 heteroatoms. The van der Waals surface area contributed by atoms with Gasteiger partial charge in [0.1, 0.15) is 0 Å². The minimum Gasteiger partial charge on any atom is -0.0848 e. The second-order valence-electron chi connectivity index (χ2n) is 14.4. The van der Waals surface area contributed by atoms with Crippen LogP contribution in [0.3, 0.4) is 0 Å². The zero-order chi connectivity index (χ0) is 18.4. The monoisotopic (exact) mass is 374 g/mol. The van der Waals surface area contributed by atoms with E-state index in [2.05, 4.69) is 32.9 Å². The Kier molecular flexibility index (Phi) is 2.21. The van der Waals surface area contributed by atoms with E-state index in [1.807, 2.05) is 0 Å². The van der Waals surface area contributed by atoms with Crippen molar-refractivity contribution in [1.29, 1.82) is 0 Å². The van der Waals surface area contributed by atoms with E-state index in [-0.39, 0.29) is 0 Å². The van der Waals surface area contributed by atoms with E-state index in [0.717, 1.165) is 46.8 Å². The van der Waals surface area contributed by atoms with Crippen LogP contribution in [-0.4, -0.2) is 0 Å². The lowest BCUT2D eigenvalue weighted by Crippen LogP contribution is -2.74. The molecular formula is C28H38. The molecule has 28 heavy (non-hydrogen) atoms. The van der Waals surface area contributed by atoms with Gasteiger partial charge in [-0.05, 0) is 138 Å². The largest absolute Gasteiger partial charge is 0.0848 e. The molecule has 9 rings (SSSR count). The van der Waals surface area contributed by atoms with Gasteiger partial charge in [0.25, 0.3) is 0 Å². The van der Waals surface area contributed by atoms with Gasteiger partial charge in [0.2, 0.25) is 0 Å². The van der Waals surface area contributed by atoms with Crippen molar-refractivity contribution in [2.45, 2.75) is 72.1 Å². The van der Waals surface area contributed by atoms with Gasteiger partial charge < -0.3 is 0 Å². The van der Waals surface area contributed by atoms with Crippen LogP contribution in [0.1, 0.15) is 72.1 Å². The molecule has 0 N–H and O–H groups in total. The fourth-order valence-electron chi connectivity index (χ4n) is 14.9. The summed E-state index contributed by atoms with van der Waals surface area (Å²) in [4.78, 5) is 0. The molecule has 9 aliphatic rings. The number of hydrogen-bond donors (Lipinski definition) is 0. The Morgan fingerprint density at radius 3 is 2.50 bits per heavy atom. The smallest absolute Gasteiger partial charge is 0.0165 e. The fourth-order valence-corrected chi connectivity index (χ4v) is 14.9. The summed E-state index contributed by atoms with van der Waals surface area (Å²) in [5.74, 6) is 12.1. The van der Waals surface area contributed by atoms with Crippen LogP contribution in [0.4, 0.5) is 0 Å². The molecule has 0 aromatic heterocycles. The van der Waals surface area contributed by atoms with E-state index in [4.69, 9.17) is 0 Å². The van der Waals surface area contributed by atoms with E-state index in [1.54, 1.807) is 44.9 Å². The van der Waals surface area contributed by atoms with Crippen LogP contribution in [0, 0.1) is 86.8 Å². The fraction of sp³-hybridized carbons (Fsp3) is 0.929. The summed E-state index contributed by atoms with van der Waals surface area (Å²) in [7, 11) is 0. The van der Waals surface area contributed by atoms with E-state index < -0.39 is 0 Å². The van der Waals surface area contributed by atoms with Gasteiger partial charge >= 0.3 is 0 Å². The summed E-state index contributed by atoms with van der Waals surface area (Å²) in [6.45, 7) is 8.52. The van der Waals surface area contributed by atoms with Crippen LogP contribution >= 0.6 is 0 Å². The lowest BCUT2D eigenvalue weighted by atomic mass is 9.25. The molecule has 0 aromatic rings. The van der Waals surface area contributed by atoms with Gasteiger partial charge in [-0.1, -0.05) is 32.9 Å². The molecule has 15 atom stereocenters. The molecule has 0 saturated heterocycles. The lowest BCUT2D eigenvalue weighted by molar-refractivity contribution is -0.317. The first-order valence-electron chi connectivity index (χ1n) is 13.1. The number of fused-ring (bicyclic) bond motifs is 20. The number of hydrogen-bond acceptors (Lipinski definition) is 0. The van der Waals surface area contributed by atoms with Crippen molar-refractivity contribution in [3.05, 3.63) is 12.2 Å². The summed E-state index contributed by atoms with van der Waals surface area (Å²) in [5.41, 5.74) is 2.74. The molecule has 15 unspecified atom stereocenters. The maximum Gasteiger partial charge on any atom is -0.0165 e. The molecule has 0 heterocycles. The predicted molar refractivity (Wildman–Crippen MR) is 111 cm³/mol. The summed E-state index contributed by atoms with van der Waals surface area (Å²) in [6.07, 6.45) is 18.3. The van der Waals surface area contributed by atoms with Crippen LogP contribution in [0.2, 0.25) is 0 Å². The first-order valence-corrected chi connectivity index (χ1v) is 13.1. The molecule has 150 valence electrons. The second kappa shape index (κ2) is 3.98. The Hall–Kier alpha value is -0.260. The van der Waals surface area contributed by atoms with Gasteiger partial charge in [-0.25, -0.2) is 0 Å². The first-order chi connectivity index (χ1) is 13.4. The Morgan fingerprint density at radius 1 is 0.821 bits per heavy atom. The average Bonchev–Trinajstić information content (AvgIpc) is 3.44. The van der Waals surface area contributed by atoms with Crippen molar-refractivity contribution in [2.24, 2.45) is 86.8 Å². The topological polar surface area (TPSA) is 0 Å². The van der Waals surface area contributed by atoms with Crippen molar-refractivity contribution in [3.8, 4) is 0 Å². The van der Waals surface area contributed by atoms with Gasteiger partial charge in [0, 0.05) is 0 Å². The van der Waals surface area contributed by atoms with Crippen molar-refractivity contribution in [3.63, 3.8) is 0 Å². The highest BCUT2D eigenvalue weighted by Gasteiger charge is 2.88. The second-order valence-corrected chi connectivity index (χ2v) is 14.4. The summed E-state index contributed by atoms with van der Waals surface area (Å²) in [6, 6.07) is 0. The Morgan fingerprint density at radius 2 is 1.64 bits per heavy atom. The maximum atomic E-state index is 2.86. The van der Waals surface area contributed by atoms with Gasteiger partial charge in [0.05, 0.1) is 0 Å². The molecule has 0 radical (unpaired) electrons. The number of allylic oxidation sites excluding steroid dienone is 2. The van der Waals surface area contributed by atoms with Crippen molar-refractivity contribution in [1.82, 2.24) is 0 Å². The minimum atomic E-state index is 0.619. The zero-order valence-electron chi connectivity index (χ0n) is 18.2. The molecular weight excluding hydrogens is 336 g/mol. The normalized spacial score (nSPS) is 78.2. The quantitative estimate of drug-likeness (QED) is 0.332. The first kappa shape index (κ1) is 15.5. The van der Waals surface area contributed by atoms with E-state index in [0.29, 0.717) is 16.2 Å². The SMILES string of the molecule is CC12CC3(CC4CC5C6C=CC(C6)C5(C)C41C)C1CC(C4C5CCC(C5)C41)C32. The molecule has 8 fully saturated rings. The molecule has 9 aliphatic carbocycles. The predicted octanol–water partition coefficient (Wildman–Crippen LogP) is 6.57. The van der Waals surface area contributed by atoms with Gasteiger partial charge in [-0.2, -0.15) is 0 Å². The van der Waals surface area contributed by atoms with Crippen LogP contribution in [0.25, 0.3) is 0 Å². The average molecular weight is 375 g/mol. The van der Waals surface area contributed by atoms with Gasteiger partial charge in [-0.15, -0.1) is 0 Å². The van der Waals surface area contributed by atoms with Crippen LogP contribution < -0.4 is 0 Å². The zero-order valence-corrected chi connectivity index (χ0v) is 18.2.